The van der Waals surface area contributed by atoms with Gasteiger partial charge in [-0.15, -0.1) is 0 Å². The van der Waals surface area contributed by atoms with Gasteiger partial charge in [-0.3, -0.25) is 0 Å². The minimum Gasteiger partial charge on any atom is -0.497 e. The molecule has 4 rings (SSSR count). The van der Waals surface area contributed by atoms with Crippen LogP contribution in [-0.2, 0) is 4.79 Å². The van der Waals surface area contributed by atoms with Gasteiger partial charge in [-0.25, -0.2) is 4.79 Å². The van der Waals surface area contributed by atoms with Gasteiger partial charge < -0.3 is 29.4 Å². The number of benzene rings is 3. The first-order valence-corrected chi connectivity index (χ1v) is 11.2. The van der Waals surface area contributed by atoms with Crippen molar-refractivity contribution in [1.29, 1.82) is 5.26 Å². The number of nitrogens with zero attached hydrogens (tertiary/aromatic N) is 1. The highest BCUT2D eigenvalue weighted by Crippen LogP contribution is 2.46. The van der Waals surface area contributed by atoms with Gasteiger partial charge in [-0.1, -0.05) is 30.3 Å². The summed E-state index contributed by atoms with van der Waals surface area (Å²) in [6, 6.07) is 18.2. The first kappa shape index (κ1) is 24.5. The summed E-state index contributed by atoms with van der Waals surface area (Å²) in [6.45, 7) is 3.57. The molecule has 0 spiro atoms. The summed E-state index contributed by atoms with van der Waals surface area (Å²) in [5.74, 6) is 1.29. The van der Waals surface area contributed by atoms with Crippen molar-refractivity contribution < 1.29 is 28.5 Å². The number of nitriles is 1. The third-order valence-electron chi connectivity index (χ3n) is 5.92. The number of hydrogen-bond acceptors (Lipinski definition) is 8. The molecule has 2 N–H and O–H groups in total. The average Bonchev–Trinajstić information content (AvgIpc) is 2.87. The van der Waals surface area contributed by atoms with Crippen LogP contribution in [0.2, 0.25) is 0 Å². The van der Waals surface area contributed by atoms with Gasteiger partial charge >= 0.3 is 5.97 Å². The lowest BCUT2D eigenvalue weighted by Crippen LogP contribution is -2.22. The van der Waals surface area contributed by atoms with Crippen LogP contribution in [-0.4, -0.2) is 26.8 Å². The van der Waals surface area contributed by atoms with Gasteiger partial charge in [0.15, 0.2) is 6.61 Å². The van der Waals surface area contributed by atoms with E-state index in [0.717, 1.165) is 11.1 Å². The van der Waals surface area contributed by atoms with Crippen LogP contribution in [0.4, 0.5) is 0 Å². The first-order chi connectivity index (χ1) is 17.4. The van der Waals surface area contributed by atoms with Crippen molar-refractivity contribution >= 4 is 5.97 Å². The zero-order valence-corrected chi connectivity index (χ0v) is 20.5. The maximum Gasteiger partial charge on any atom is 0.349 e. The molecule has 0 fully saturated rings. The molecule has 3 aromatic rings. The van der Waals surface area contributed by atoms with Crippen LogP contribution in [0.3, 0.4) is 0 Å². The Morgan fingerprint density at radius 3 is 2.36 bits per heavy atom. The molecule has 0 aliphatic carbocycles. The maximum absolute atomic E-state index is 12.5. The molecule has 36 heavy (non-hydrogen) atoms. The van der Waals surface area contributed by atoms with Crippen molar-refractivity contribution in [3.8, 4) is 34.8 Å². The van der Waals surface area contributed by atoms with E-state index in [0.29, 0.717) is 34.1 Å². The van der Waals surface area contributed by atoms with Crippen LogP contribution in [0.15, 0.2) is 66.1 Å². The fourth-order valence-electron chi connectivity index (χ4n) is 4.19. The van der Waals surface area contributed by atoms with Gasteiger partial charge in [0.1, 0.15) is 40.4 Å². The zero-order chi connectivity index (χ0) is 25.8. The monoisotopic (exact) mass is 486 g/mol. The lowest BCUT2D eigenvalue weighted by atomic mass is 9.83. The summed E-state index contributed by atoms with van der Waals surface area (Å²) in [6.07, 6.45) is 0. The summed E-state index contributed by atoms with van der Waals surface area (Å²) in [4.78, 5) is 12.5. The molecule has 0 radical (unpaired) electrons. The largest absolute Gasteiger partial charge is 0.497 e. The zero-order valence-electron chi connectivity index (χ0n) is 20.5. The fourth-order valence-corrected chi connectivity index (χ4v) is 4.19. The summed E-state index contributed by atoms with van der Waals surface area (Å²) in [7, 11) is 3.10. The van der Waals surface area contributed by atoms with Crippen molar-refractivity contribution in [2.24, 2.45) is 5.73 Å². The van der Waals surface area contributed by atoms with E-state index in [9.17, 15) is 10.1 Å². The van der Waals surface area contributed by atoms with E-state index < -0.39 is 11.9 Å². The Morgan fingerprint density at radius 2 is 1.69 bits per heavy atom. The number of carbonyl (C=O) groups excluding carboxylic acids is 1. The SMILES string of the molecule is COc1ccc(C2C(C#N)=C(N)Oc3cc(OC(=O)COc4c(C)cccc4C)ccc32)c(OC)c1. The van der Waals surface area contributed by atoms with Gasteiger partial charge in [0.25, 0.3) is 0 Å². The summed E-state index contributed by atoms with van der Waals surface area (Å²) in [5, 5.41) is 9.83. The second kappa shape index (κ2) is 10.3. The number of fused-ring (bicyclic) bond motifs is 1. The van der Waals surface area contributed by atoms with Gasteiger partial charge in [-0.05, 0) is 37.1 Å². The number of carbonyl (C=O) groups is 1. The van der Waals surface area contributed by atoms with Gasteiger partial charge in [0.05, 0.1) is 20.1 Å². The van der Waals surface area contributed by atoms with E-state index in [1.807, 2.05) is 38.1 Å². The predicted molar refractivity (Wildman–Crippen MR) is 132 cm³/mol. The molecule has 0 amide bonds. The van der Waals surface area contributed by atoms with E-state index in [1.54, 1.807) is 44.6 Å². The standard InChI is InChI=1S/C28H26N2O6/c1-16-6-5-7-17(2)27(16)34-15-25(31)35-19-9-11-21-24(13-19)36-28(30)22(14-29)26(21)20-10-8-18(32-3)12-23(20)33-4/h5-13,26H,15,30H2,1-4H3. The van der Waals surface area contributed by atoms with Crippen LogP contribution < -0.4 is 29.4 Å². The predicted octanol–water partition coefficient (Wildman–Crippen LogP) is 4.52. The van der Waals surface area contributed by atoms with Crippen LogP contribution in [0.25, 0.3) is 0 Å². The van der Waals surface area contributed by atoms with E-state index in [-0.39, 0.29) is 23.8 Å². The molecular formula is C28H26N2O6. The fraction of sp³-hybridized carbons (Fsp3) is 0.214. The quantitative estimate of drug-likeness (QED) is 0.383. The molecule has 3 aromatic carbocycles. The Morgan fingerprint density at radius 1 is 1.00 bits per heavy atom. The number of hydrogen-bond donors (Lipinski definition) is 1. The number of aryl methyl sites for hydroxylation is 2. The summed E-state index contributed by atoms with van der Waals surface area (Å²) in [5.41, 5.74) is 9.62. The molecule has 1 unspecified atom stereocenters. The van der Waals surface area contributed by atoms with Crippen LogP contribution in [0.1, 0.15) is 28.2 Å². The number of esters is 1. The molecule has 1 heterocycles. The third kappa shape index (κ3) is 4.77. The normalized spacial score (nSPS) is 14.2. The molecule has 0 saturated heterocycles. The number of ether oxygens (including phenoxy) is 5. The Kier molecular flexibility index (Phi) is 7.02. The molecule has 8 heteroatoms. The minimum atomic E-state index is -0.567. The maximum atomic E-state index is 12.5. The highest BCUT2D eigenvalue weighted by atomic mass is 16.6. The van der Waals surface area contributed by atoms with Gasteiger partial charge in [-0.2, -0.15) is 5.26 Å². The Hall–Kier alpha value is -4.64. The molecule has 1 atom stereocenters. The van der Waals surface area contributed by atoms with Gasteiger partial charge in [0, 0.05) is 23.3 Å². The highest BCUT2D eigenvalue weighted by Gasteiger charge is 2.33. The molecular weight excluding hydrogens is 460 g/mol. The topological polar surface area (TPSA) is 113 Å². The number of methoxy groups -OCH3 is 2. The van der Waals surface area contributed by atoms with Crippen molar-refractivity contribution in [2.75, 3.05) is 20.8 Å². The van der Waals surface area contributed by atoms with Crippen LogP contribution in [0.5, 0.6) is 28.7 Å². The van der Waals surface area contributed by atoms with Crippen LogP contribution >= 0.6 is 0 Å². The van der Waals surface area contributed by atoms with E-state index in [1.165, 1.54) is 0 Å². The molecule has 1 aliphatic heterocycles. The molecule has 184 valence electrons. The van der Waals surface area contributed by atoms with Crippen molar-refractivity contribution in [3.05, 3.63) is 88.3 Å². The minimum absolute atomic E-state index is 0.0327. The lowest BCUT2D eigenvalue weighted by molar-refractivity contribution is -0.136. The Bertz CT molecular complexity index is 1370. The first-order valence-electron chi connectivity index (χ1n) is 11.2. The highest BCUT2D eigenvalue weighted by molar-refractivity contribution is 5.74. The van der Waals surface area contributed by atoms with Crippen molar-refractivity contribution in [3.63, 3.8) is 0 Å². The van der Waals surface area contributed by atoms with Gasteiger partial charge in [0.2, 0.25) is 5.88 Å². The molecule has 0 aromatic heterocycles. The van der Waals surface area contributed by atoms with Crippen LogP contribution in [0, 0.1) is 25.2 Å². The van der Waals surface area contributed by atoms with E-state index in [2.05, 4.69) is 6.07 Å². The molecule has 0 saturated carbocycles. The Labute approximate surface area is 209 Å². The third-order valence-corrected chi connectivity index (χ3v) is 5.92. The molecule has 0 bridgehead atoms. The second-order valence-corrected chi connectivity index (χ2v) is 8.22. The molecule has 1 aliphatic rings. The summed E-state index contributed by atoms with van der Waals surface area (Å²) < 4.78 is 27.8. The molecule has 8 nitrogen and oxygen atoms in total. The average molecular weight is 487 g/mol. The van der Waals surface area contributed by atoms with Crippen molar-refractivity contribution in [1.82, 2.24) is 0 Å². The summed E-state index contributed by atoms with van der Waals surface area (Å²) >= 11 is 0. The number of rotatable bonds is 7. The van der Waals surface area contributed by atoms with E-state index in [4.69, 9.17) is 29.4 Å². The lowest BCUT2D eigenvalue weighted by Gasteiger charge is -2.27. The second-order valence-electron chi connectivity index (χ2n) is 8.22. The Balaban J connectivity index is 1.60. The number of nitrogens with two attached hydrogens (primary N) is 1. The van der Waals surface area contributed by atoms with E-state index >= 15 is 0 Å². The number of allylic oxidation sites excluding steroid dienone is 1. The smallest absolute Gasteiger partial charge is 0.349 e. The van der Waals surface area contributed by atoms with Crippen molar-refractivity contribution in [2.45, 2.75) is 19.8 Å². The number of para-hydroxylation sites is 1.